The maximum Gasteiger partial charge on any atom is 0.263 e. The fraction of sp³-hybridized carbons (Fsp3) is 0.500. The molecule has 0 saturated carbocycles. The molecule has 1 fully saturated rings. The van der Waals surface area contributed by atoms with Gasteiger partial charge in [0.15, 0.2) is 17.7 Å². The third-order valence-electron chi connectivity index (χ3n) is 3.34. The van der Waals surface area contributed by atoms with Crippen LogP contribution in [-0.4, -0.2) is 36.0 Å². The van der Waals surface area contributed by atoms with E-state index in [1.54, 1.807) is 24.0 Å². The molecule has 2 N–H and O–H groups in total. The van der Waals surface area contributed by atoms with E-state index >= 15 is 0 Å². The molecule has 0 aromatic heterocycles. The number of hydrogen-bond acceptors (Lipinski definition) is 3. The molecular formula is C14H19FN2O2. The summed E-state index contributed by atoms with van der Waals surface area (Å²) in [5, 5.41) is 0. The van der Waals surface area contributed by atoms with Crippen molar-refractivity contribution >= 4 is 5.91 Å². The first kappa shape index (κ1) is 13.8. The summed E-state index contributed by atoms with van der Waals surface area (Å²) in [6, 6.07) is 6.26. The van der Waals surface area contributed by atoms with Crippen LogP contribution >= 0.6 is 0 Å². The number of para-hydroxylation sites is 1. The lowest BCUT2D eigenvalue weighted by molar-refractivity contribution is -0.139. The van der Waals surface area contributed by atoms with Crippen molar-refractivity contribution in [1.82, 2.24) is 4.90 Å². The summed E-state index contributed by atoms with van der Waals surface area (Å²) in [6.07, 6.45) is 0.919. The summed E-state index contributed by atoms with van der Waals surface area (Å²) < 4.78 is 18.8. The van der Waals surface area contributed by atoms with Crippen LogP contribution in [0.5, 0.6) is 5.75 Å². The van der Waals surface area contributed by atoms with Gasteiger partial charge in [-0.25, -0.2) is 4.39 Å². The van der Waals surface area contributed by atoms with E-state index in [1.165, 1.54) is 12.1 Å². The summed E-state index contributed by atoms with van der Waals surface area (Å²) in [6.45, 7) is 2.93. The Hall–Kier alpha value is -1.62. The lowest BCUT2D eigenvalue weighted by Crippen LogP contribution is -2.47. The summed E-state index contributed by atoms with van der Waals surface area (Å²) in [4.78, 5) is 13.9. The van der Waals surface area contributed by atoms with Crippen molar-refractivity contribution in [3.05, 3.63) is 30.1 Å². The summed E-state index contributed by atoms with van der Waals surface area (Å²) >= 11 is 0. The Balaban J connectivity index is 1.94. The molecule has 1 aromatic rings. The Morgan fingerprint density at radius 2 is 2.05 bits per heavy atom. The van der Waals surface area contributed by atoms with Gasteiger partial charge in [-0.3, -0.25) is 4.79 Å². The van der Waals surface area contributed by atoms with Crippen LogP contribution < -0.4 is 10.5 Å². The van der Waals surface area contributed by atoms with E-state index < -0.39 is 11.9 Å². The second-order valence-corrected chi connectivity index (χ2v) is 4.85. The molecule has 0 aliphatic carbocycles. The molecule has 0 radical (unpaired) electrons. The van der Waals surface area contributed by atoms with E-state index in [2.05, 4.69) is 0 Å². The standard InChI is InChI=1S/C14H19FN2O2/c1-10(19-13-5-3-2-4-12(13)15)14(18)17-8-6-11(16)7-9-17/h2-5,10-11H,6-9,16H2,1H3. The molecular weight excluding hydrogens is 247 g/mol. The van der Waals surface area contributed by atoms with Crippen LogP contribution in [0.3, 0.4) is 0 Å². The number of rotatable bonds is 3. The molecule has 4 nitrogen and oxygen atoms in total. The second-order valence-electron chi connectivity index (χ2n) is 4.85. The first-order valence-electron chi connectivity index (χ1n) is 6.53. The third-order valence-corrected chi connectivity index (χ3v) is 3.34. The normalized spacial score (nSPS) is 18.2. The lowest BCUT2D eigenvalue weighted by Gasteiger charge is -2.32. The smallest absolute Gasteiger partial charge is 0.263 e. The molecule has 1 amide bonds. The molecule has 1 aliphatic rings. The Kier molecular flexibility index (Phi) is 4.37. The highest BCUT2D eigenvalue weighted by molar-refractivity contribution is 5.81. The van der Waals surface area contributed by atoms with Crippen molar-refractivity contribution in [1.29, 1.82) is 0 Å². The molecule has 0 bridgehead atoms. The van der Waals surface area contributed by atoms with Gasteiger partial charge >= 0.3 is 0 Å². The lowest BCUT2D eigenvalue weighted by atomic mass is 10.1. The number of nitrogens with zero attached hydrogens (tertiary/aromatic N) is 1. The van der Waals surface area contributed by atoms with E-state index in [9.17, 15) is 9.18 Å². The van der Waals surface area contributed by atoms with Gasteiger partial charge in [-0.05, 0) is 31.9 Å². The van der Waals surface area contributed by atoms with Crippen LogP contribution in [0.4, 0.5) is 4.39 Å². The van der Waals surface area contributed by atoms with Gasteiger partial charge < -0.3 is 15.4 Å². The van der Waals surface area contributed by atoms with Crippen LogP contribution in [0, 0.1) is 5.82 Å². The van der Waals surface area contributed by atoms with E-state index in [0.29, 0.717) is 13.1 Å². The topological polar surface area (TPSA) is 55.6 Å². The molecule has 5 heteroatoms. The van der Waals surface area contributed by atoms with Crippen molar-refractivity contribution < 1.29 is 13.9 Å². The monoisotopic (exact) mass is 266 g/mol. The average Bonchev–Trinajstić information content (AvgIpc) is 2.41. The molecule has 1 aromatic carbocycles. The molecule has 1 unspecified atom stereocenters. The molecule has 104 valence electrons. The van der Waals surface area contributed by atoms with Gasteiger partial charge in [0.05, 0.1) is 0 Å². The van der Waals surface area contributed by atoms with Gasteiger partial charge in [0.25, 0.3) is 5.91 Å². The van der Waals surface area contributed by atoms with Crippen molar-refractivity contribution in [2.45, 2.75) is 31.9 Å². The molecule has 0 spiro atoms. The van der Waals surface area contributed by atoms with Crippen molar-refractivity contribution in [3.63, 3.8) is 0 Å². The number of halogens is 1. The Morgan fingerprint density at radius 1 is 1.42 bits per heavy atom. The fourth-order valence-corrected chi connectivity index (χ4v) is 2.16. The molecule has 1 saturated heterocycles. The quantitative estimate of drug-likeness (QED) is 0.903. The summed E-state index contributed by atoms with van der Waals surface area (Å²) in [7, 11) is 0. The number of likely N-dealkylation sites (tertiary alicyclic amines) is 1. The number of benzene rings is 1. The minimum atomic E-state index is -0.689. The Bertz CT molecular complexity index is 445. The van der Waals surface area contributed by atoms with Gasteiger partial charge in [-0.15, -0.1) is 0 Å². The zero-order valence-corrected chi connectivity index (χ0v) is 11.0. The maximum atomic E-state index is 13.4. The number of ether oxygens (including phenoxy) is 1. The van der Waals surface area contributed by atoms with Crippen LogP contribution in [0.25, 0.3) is 0 Å². The van der Waals surface area contributed by atoms with Gasteiger partial charge in [0.1, 0.15) is 0 Å². The zero-order chi connectivity index (χ0) is 13.8. The average molecular weight is 266 g/mol. The number of carbonyl (C=O) groups is 1. The molecule has 1 atom stereocenters. The number of piperidine rings is 1. The van der Waals surface area contributed by atoms with Gasteiger partial charge in [0.2, 0.25) is 0 Å². The first-order valence-corrected chi connectivity index (χ1v) is 6.53. The van der Waals surface area contributed by atoms with Crippen molar-refractivity contribution in [2.24, 2.45) is 5.73 Å². The van der Waals surface area contributed by atoms with Crippen LogP contribution in [0.2, 0.25) is 0 Å². The van der Waals surface area contributed by atoms with Crippen LogP contribution in [0.15, 0.2) is 24.3 Å². The number of carbonyl (C=O) groups excluding carboxylic acids is 1. The van der Waals surface area contributed by atoms with E-state index in [-0.39, 0.29) is 17.7 Å². The maximum absolute atomic E-state index is 13.4. The zero-order valence-electron chi connectivity index (χ0n) is 11.0. The van der Waals surface area contributed by atoms with Gasteiger partial charge in [0, 0.05) is 19.1 Å². The van der Waals surface area contributed by atoms with Crippen LogP contribution in [0.1, 0.15) is 19.8 Å². The van der Waals surface area contributed by atoms with Crippen molar-refractivity contribution in [2.75, 3.05) is 13.1 Å². The van der Waals surface area contributed by atoms with E-state index in [4.69, 9.17) is 10.5 Å². The number of hydrogen-bond donors (Lipinski definition) is 1. The van der Waals surface area contributed by atoms with E-state index in [1.807, 2.05) is 0 Å². The molecule has 1 heterocycles. The number of nitrogens with two attached hydrogens (primary N) is 1. The number of amides is 1. The highest BCUT2D eigenvalue weighted by Gasteiger charge is 2.26. The Morgan fingerprint density at radius 3 is 2.68 bits per heavy atom. The fourth-order valence-electron chi connectivity index (χ4n) is 2.16. The largest absolute Gasteiger partial charge is 0.478 e. The summed E-state index contributed by atoms with van der Waals surface area (Å²) in [5.74, 6) is -0.463. The van der Waals surface area contributed by atoms with E-state index in [0.717, 1.165) is 12.8 Å². The predicted octanol–water partition coefficient (Wildman–Crippen LogP) is 1.54. The highest BCUT2D eigenvalue weighted by Crippen LogP contribution is 2.18. The second kappa shape index (κ2) is 6.02. The Labute approximate surface area is 112 Å². The molecule has 2 rings (SSSR count). The van der Waals surface area contributed by atoms with Crippen molar-refractivity contribution in [3.8, 4) is 5.75 Å². The van der Waals surface area contributed by atoms with Gasteiger partial charge in [-0.1, -0.05) is 12.1 Å². The molecule has 1 aliphatic heterocycles. The highest BCUT2D eigenvalue weighted by atomic mass is 19.1. The van der Waals surface area contributed by atoms with Gasteiger partial charge in [-0.2, -0.15) is 0 Å². The minimum Gasteiger partial charge on any atom is -0.478 e. The SMILES string of the molecule is CC(Oc1ccccc1F)C(=O)N1CCC(N)CC1. The predicted molar refractivity (Wildman–Crippen MR) is 70.3 cm³/mol. The molecule has 19 heavy (non-hydrogen) atoms. The third kappa shape index (κ3) is 3.44. The van der Waals surface area contributed by atoms with Crippen LogP contribution in [-0.2, 0) is 4.79 Å². The first-order chi connectivity index (χ1) is 9.08. The summed E-state index contributed by atoms with van der Waals surface area (Å²) in [5.41, 5.74) is 5.80. The minimum absolute atomic E-state index is 0.108.